The smallest absolute Gasteiger partial charge is 0.355 e. The number of aliphatic hydroxyl groups is 1. The first kappa shape index (κ1) is 28.2. The van der Waals surface area contributed by atoms with Crippen molar-refractivity contribution in [3.05, 3.63) is 16.1 Å². The van der Waals surface area contributed by atoms with Crippen molar-refractivity contribution in [2.75, 3.05) is 20.6 Å². The number of likely N-dealkylation sites (N-methyl/N-ethyl adjacent to an activating group) is 2. The van der Waals surface area contributed by atoms with E-state index in [2.05, 4.69) is 10.3 Å². The molecule has 5 atom stereocenters. The Morgan fingerprint density at radius 3 is 2.50 bits per heavy atom. The van der Waals surface area contributed by atoms with Crippen molar-refractivity contribution in [3.63, 3.8) is 0 Å². The van der Waals surface area contributed by atoms with Gasteiger partial charge in [0.05, 0.1) is 6.04 Å². The van der Waals surface area contributed by atoms with E-state index in [1.165, 1.54) is 5.38 Å². The minimum Gasteiger partial charge on any atom is -0.476 e. The lowest BCUT2D eigenvalue weighted by Crippen LogP contribution is -2.58. The highest BCUT2D eigenvalue weighted by atomic mass is 32.1. The molecule has 0 saturated carbocycles. The number of carboxylic acids is 1. The van der Waals surface area contributed by atoms with Gasteiger partial charge in [-0.05, 0) is 38.3 Å². The summed E-state index contributed by atoms with van der Waals surface area (Å²) < 4.78 is 0. The monoisotopic (exact) mass is 496 g/mol. The lowest BCUT2D eigenvalue weighted by molar-refractivity contribution is -0.141. The van der Waals surface area contributed by atoms with Crippen LogP contribution in [0.1, 0.15) is 81.4 Å². The summed E-state index contributed by atoms with van der Waals surface area (Å²) in [5, 5.41) is 24.6. The number of hydrogen-bond acceptors (Lipinski definition) is 7. The first-order valence-corrected chi connectivity index (χ1v) is 13.0. The lowest BCUT2D eigenvalue weighted by atomic mass is 9.92. The average Bonchev–Trinajstić information content (AvgIpc) is 3.30. The number of amides is 2. The molecular weight excluding hydrogens is 456 g/mol. The van der Waals surface area contributed by atoms with Gasteiger partial charge in [-0.3, -0.25) is 14.5 Å². The Bertz CT molecular complexity index is 845. The highest BCUT2D eigenvalue weighted by Crippen LogP contribution is 2.28. The van der Waals surface area contributed by atoms with E-state index in [0.29, 0.717) is 5.01 Å². The number of nitrogens with one attached hydrogen (secondary N) is 1. The Kier molecular flexibility index (Phi) is 10.5. The Morgan fingerprint density at radius 1 is 1.29 bits per heavy atom. The van der Waals surface area contributed by atoms with E-state index in [0.717, 1.165) is 43.6 Å². The molecule has 1 aromatic rings. The average molecular weight is 497 g/mol. The zero-order valence-corrected chi connectivity index (χ0v) is 22.0. The number of carbonyl (C=O) groups is 3. The maximum Gasteiger partial charge on any atom is 0.355 e. The Morgan fingerprint density at radius 2 is 1.97 bits per heavy atom. The molecule has 0 spiro atoms. The number of nitrogens with zero attached hydrogens (tertiary/aromatic N) is 3. The zero-order chi connectivity index (χ0) is 25.6. The van der Waals surface area contributed by atoms with Crippen molar-refractivity contribution in [2.24, 2.45) is 11.8 Å². The molecule has 1 aliphatic heterocycles. The van der Waals surface area contributed by atoms with Crippen LogP contribution >= 0.6 is 11.3 Å². The summed E-state index contributed by atoms with van der Waals surface area (Å²) in [7, 11) is 3.65. The molecule has 10 heteroatoms. The van der Waals surface area contributed by atoms with Crippen LogP contribution in [0, 0.1) is 11.8 Å². The molecule has 0 radical (unpaired) electrons. The van der Waals surface area contributed by atoms with E-state index >= 15 is 0 Å². The van der Waals surface area contributed by atoms with Crippen LogP contribution < -0.4 is 5.32 Å². The number of likely N-dealkylation sites (tertiary alicyclic amines) is 1. The molecule has 1 fully saturated rings. The summed E-state index contributed by atoms with van der Waals surface area (Å²) in [4.78, 5) is 45.5. The maximum atomic E-state index is 13.6. The molecule has 0 bridgehead atoms. The van der Waals surface area contributed by atoms with E-state index in [1.54, 1.807) is 11.9 Å². The molecule has 1 aromatic heterocycles. The fourth-order valence-corrected chi connectivity index (χ4v) is 5.26. The van der Waals surface area contributed by atoms with E-state index in [-0.39, 0.29) is 47.8 Å². The number of carbonyl (C=O) groups excluding carboxylic acids is 2. The van der Waals surface area contributed by atoms with Gasteiger partial charge < -0.3 is 20.4 Å². The van der Waals surface area contributed by atoms with Crippen molar-refractivity contribution in [1.82, 2.24) is 20.1 Å². The van der Waals surface area contributed by atoms with Gasteiger partial charge in [0.15, 0.2) is 5.69 Å². The van der Waals surface area contributed by atoms with E-state index < -0.39 is 18.1 Å². The second-order valence-corrected chi connectivity index (χ2v) is 10.6. The maximum absolute atomic E-state index is 13.6. The second-order valence-electron chi connectivity index (χ2n) is 9.75. The molecule has 2 heterocycles. The number of hydrogen-bond donors (Lipinski definition) is 3. The summed E-state index contributed by atoms with van der Waals surface area (Å²) in [6, 6.07) is -1.20. The van der Waals surface area contributed by atoms with Crippen LogP contribution in [0.2, 0.25) is 0 Å². The third-order valence-electron chi connectivity index (χ3n) is 6.96. The van der Waals surface area contributed by atoms with Gasteiger partial charge in [-0.25, -0.2) is 9.78 Å². The quantitative estimate of drug-likeness (QED) is 0.430. The summed E-state index contributed by atoms with van der Waals surface area (Å²) in [6.45, 7) is 8.77. The van der Waals surface area contributed by atoms with Crippen LogP contribution in [-0.4, -0.2) is 81.5 Å². The molecule has 1 aliphatic rings. The Labute approximate surface area is 206 Å². The summed E-state index contributed by atoms with van der Waals surface area (Å²) in [6.07, 6.45) is 2.82. The van der Waals surface area contributed by atoms with Gasteiger partial charge in [0, 0.05) is 24.9 Å². The van der Waals surface area contributed by atoms with Crippen molar-refractivity contribution in [3.8, 4) is 0 Å². The van der Waals surface area contributed by atoms with E-state index in [9.17, 15) is 19.5 Å². The van der Waals surface area contributed by atoms with Crippen LogP contribution in [-0.2, 0) is 9.59 Å². The third-order valence-corrected chi connectivity index (χ3v) is 7.90. The van der Waals surface area contributed by atoms with Crippen molar-refractivity contribution < 1.29 is 24.6 Å². The van der Waals surface area contributed by atoms with Crippen LogP contribution in [0.15, 0.2) is 5.38 Å². The molecule has 9 nitrogen and oxygen atoms in total. The number of aromatic carboxylic acids is 1. The predicted octanol–water partition coefficient (Wildman–Crippen LogP) is 2.76. The highest BCUT2D eigenvalue weighted by molar-refractivity contribution is 7.09. The van der Waals surface area contributed by atoms with Gasteiger partial charge in [-0.15, -0.1) is 11.3 Å². The molecule has 5 unspecified atom stereocenters. The number of rotatable bonds is 11. The largest absolute Gasteiger partial charge is 0.476 e. The normalized spacial score (nSPS) is 20.4. The predicted molar refractivity (Wildman–Crippen MR) is 132 cm³/mol. The first-order valence-electron chi connectivity index (χ1n) is 12.1. The van der Waals surface area contributed by atoms with Gasteiger partial charge in [0.25, 0.3) is 0 Å². The van der Waals surface area contributed by atoms with E-state index in [1.807, 2.05) is 39.6 Å². The van der Waals surface area contributed by atoms with Gasteiger partial charge in [0.2, 0.25) is 11.8 Å². The van der Waals surface area contributed by atoms with Gasteiger partial charge in [-0.1, -0.05) is 40.5 Å². The Hall–Kier alpha value is -2.04. The molecule has 192 valence electrons. The number of aliphatic hydroxyl groups excluding tert-OH is 1. The molecule has 1 saturated heterocycles. The minimum atomic E-state index is -1.14. The second kappa shape index (κ2) is 12.6. The molecule has 0 aromatic carbocycles. The number of thiazole rings is 1. The SMILES string of the molecule is CCC(C)C(NC(=O)C1CCCCN1C)C(=O)N(C)C(CC(O)c1nc(C(=O)O)cs1)C(C)C. The van der Waals surface area contributed by atoms with E-state index in [4.69, 9.17) is 5.11 Å². The van der Waals surface area contributed by atoms with Gasteiger partial charge in [0.1, 0.15) is 17.2 Å². The van der Waals surface area contributed by atoms with Crippen molar-refractivity contribution in [2.45, 2.75) is 84.0 Å². The standard InChI is InChI=1S/C24H40N4O5S/c1-7-15(4)20(26-21(30)17-10-8-9-11-27(17)5)23(31)28(6)18(14(2)3)12-19(29)22-25-16(13-34-22)24(32)33/h13-15,17-20,29H,7-12H2,1-6H3,(H,26,30)(H,32,33). The molecule has 3 N–H and O–H groups in total. The van der Waals surface area contributed by atoms with Gasteiger partial charge in [-0.2, -0.15) is 0 Å². The van der Waals surface area contributed by atoms with Crippen molar-refractivity contribution >= 4 is 29.1 Å². The van der Waals surface area contributed by atoms with Crippen molar-refractivity contribution in [1.29, 1.82) is 0 Å². The summed E-state index contributed by atoms with van der Waals surface area (Å²) in [5.74, 6) is -1.46. The summed E-state index contributed by atoms with van der Waals surface area (Å²) in [5.41, 5.74) is -0.100. The minimum absolute atomic E-state index is 0.0280. The Balaban J connectivity index is 2.16. The molecule has 34 heavy (non-hydrogen) atoms. The molecule has 2 rings (SSSR count). The number of aromatic nitrogens is 1. The third kappa shape index (κ3) is 6.99. The number of piperidine rings is 1. The van der Waals surface area contributed by atoms with Crippen LogP contribution in [0.5, 0.6) is 0 Å². The highest BCUT2D eigenvalue weighted by Gasteiger charge is 2.36. The first-order chi connectivity index (χ1) is 16.0. The molecule has 0 aliphatic carbocycles. The van der Waals surface area contributed by atoms with Crippen LogP contribution in [0.3, 0.4) is 0 Å². The van der Waals surface area contributed by atoms with Gasteiger partial charge >= 0.3 is 5.97 Å². The summed E-state index contributed by atoms with van der Waals surface area (Å²) >= 11 is 1.09. The van der Waals surface area contributed by atoms with Crippen LogP contribution in [0.4, 0.5) is 0 Å². The van der Waals surface area contributed by atoms with Crippen LogP contribution in [0.25, 0.3) is 0 Å². The zero-order valence-electron chi connectivity index (χ0n) is 21.2. The molecule has 2 amide bonds. The number of carboxylic acid groups (broad SMARTS) is 1. The topological polar surface area (TPSA) is 123 Å². The fourth-order valence-electron chi connectivity index (χ4n) is 4.47. The molecular formula is C24H40N4O5S. The lowest BCUT2D eigenvalue weighted by Gasteiger charge is -2.38. The fraction of sp³-hybridized carbons (Fsp3) is 0.750.